The van der Waals surface area contributed by atoms with Crippen LogP contribution >= 0.6 is 0 Å². The van der Waals surface area contributed by atoms with E-state index in [1.54, 1.807) is 0 Å². The number of anilines is 1. The molecule has 0 aromatic heterocycles. The number of likely N-dealkylation sites (tertiary alicyclic amines) is 2. The molecule has 3 nitrogen and oxygen atoms in total. The molecule has 164 valence electrons. The van der Waals surface area contributed by atoms with Gasteiger partial charge in [0.1, 0.15) is 0 Å². The molecule has 0 spiro atoms. The van der Waals surface area contributed by atoms with Gasteiger partial charge in [-0.3, -0.25) is 9.80 Å². The summed E-state index contributed by atoms with van der Waals surface area (Å²) in [5.74, 6) is 0. The molecular weight excluding hydrogens is 390 g/mol. The molecule has 0 saturated carbocycles. The Morgan fingerprint density at radius 1 is 0.562 bits per heavy atom. The third kappa shape index (κ3) is 3.44. The average Bonchev–Trinajstić information content (AvgIpc) is 3.33. The largest absolute Gasteiger partial charge is 0.370 e. The zero-order valence-corrected chi connectivity index (χ0v) is 19.1. The van der Waals surface area contributed by atoms with Gasteiger partial charge < -0.3 is 4.90 Å². The first-order valence-corrected chi connectivity index (χ1v) is 12.0. The Kier molecular flexibility index (Phi) is 4.85. The van der Waals surface area contributed by atoms with E-state index < -0.39 is 0 Å². The molecule has 0 aliphatic carbocycles. The van der Waals surface area contributed by atoms with Crippen LogP contribution in [0.25, 0.3) is 0 Å². The minimum Gasteiger partial charge on any atom is -0.370 e. The van der Waals surface area contributed by atoms with Crippen LogP contribution in [-0.2, 0) is 13.1 Å². The average molecular weight is 424 g/mol. The summed E-state index contributed by atoms with van der Waals surface area (Å²) in [7, 11) is 0. The highest BCUT2D eigenvalue weighted by molar-refractivity contribution is 5.51. The highest BCUT2D eigenvalue weighted by Crippen LogP contribution is 2.57. The van der Waals surface area contributed by atoms with Crippen LogP contribution in [0.3, 0.4) is 0 Å². The van der Waals surface area contributed by atoms with Crippen molar-refractivity contribution in [2.75, 3.05) is 44.2 Å². The van der Waals surface area contributed by atoms with E-state index in [0.717, 1.165) is 13.1 Å². The van der Waals surface area contributed by atoms with E-state index in [0.29, 0.717) is 10.8 Å². The van der Waals surface area contributed by atoms with Gasteiger partial charge in [0.2, 0.25) is 0 Å². The zero-order chi connectivity index (χ0) is 21.6. The lowest BCUT2D eigenvalue weighted by Crippen LogP contribution is -2.40. The van der Waals surface area contributed by atoms with Crippen molar-refractivity contribution in [3.05, 3.63) is 102 Å². The van der Waals surface area contributed by atoms with Gasteiger partial charge in [-0.2, -0.15) is 0 Å². The molecule has 3 heteroatoms. The standard InChI is InChI=1S/C29H33N3/c1-24-12-14-27(15-13-24)32-22-28-18-30(16-25-8-4-2-5-9-25)19-29(28,23-32)21-31(20-28)17-26-10-6-3-7-11-26/h2-15H,16-23H2,1H3. The number of rotatable bonds is 5. The minimum absolute atomic E-state index is 0.349. The molecule has 3 fully saturated rings. The van der Waals surface area contributed by atoms with Crippen molar-refractivity contribution in [3.63, 3.8) is 0 Å². The Morgan fingerprint density at radius 3 is 1.44 bits per heavy atom. The van der Waals surface area contributed by atoms with Crippen LogP contribution in [0.15, 0.2) is 84.9 Å². The normalized spacial score (nSPS) is 27.6. The van der Waals surface area contributed by atoms with Gasteiger partial charge in [-0.25, -0.2) is 0 Å². The van der Waals surface area contributed by atoms with Gasteiger partial charge in [-0.1, -0.05) is 78.4 Å². The van der Waals surface area contributed by atoms with E-state index in [-0.39, 0.29) is 0 Å². The van der Waals surface area contributed by atoms with E-state index >= 15 is 0 Å². The van der Waals surface area contributed by atoms with Crippen LogP contribution in [0, 0.1) is 17.8 Å². The van der Waals surface area contributed by atoms with Crippen LogP contribution < -0.4 is 4.90 Å². The molecular formula is C29H33N3. The van der Waals surface area contributed by atoms with Crippen molar-refractivity contribution in [1.29, 1.82) is 0 Å². The minimum atomic E-state index is 0.349. The maximum absolute atomic E-state index is 2.74. The predicted molar refractivity (Wildman–Crippen MR) is 132 cm³/mol. The molecule has 0 N–H and O–H groups in total. The molecule has 3 aliphatic heterocycles. The first-order valence-electron chi connectivity index (χ1n) is 12.0. The molecule has 3 aromatic carbocycles. The Balaban J connectivity index is 1.26. The van der Waals surface area contributed by atoms with Gasteiger partial charge in [0, 0.05) is 68.9 Å². The van der Waals surface area contributed by atoms with Gasteiger partial charge in [-0.05, 0) is 30.2 Å². The van der Waals surface area contributed by atoms with Gasteiger partial charge in [0.05, 0.1) is 0 Å². The Hall–Kier alpha value is -2.62. The first-order chi connectivity index (χ1) is 15.6. The second-order valence-corrected chi connectivity index (χ2v) is 10.5. The second kappa shape index (κ2) is 7.75. The summed E-state index contributed by atoms with van der Waals surface area (Å²) < 4.78 is 0. The summed E-state index contributed by atoms with van der Waals surface area (Å²) in [6, 6.07) is 31.2. The van der Waals surface area contributed by atoms with Crippen molar-refractivity contribution >= 4 is 5.69 Å². The lowest BCUT2D eigenvalue weighted by Gasteiger charge is -2.32. The number of nitrogens with zero attached hydrogens (tertiary/aromatic N) is 3. The highest BCUT2D eigenvalue weighted by atomic mass is 15.3. The summed E-state index contributed by atoms with van der Waals surface area (Å²) in [5.41, 5.74) is 6.32. The molecule has 0 atom stereocenters. The van der Waals surface area contributed by atoms with Crippen molar-refractivity contribution in [2.45, 2.75) is 20.0 Å². The fraction of sp³-hybridized carbons (Fsp3) is 0.379. The molecule has 3 heterocycles. The molecule has 32 heavy (non-hydrogen) atoms. The number of benzene rings is 3. The SMILES string of the molecule is Cc1ccc(N2CC34CN(Cc5ccccc5)CC3(CN(Cc3ccccc3)C4)C2)cc1. The first kappa shape index (κ1) is 20.0. The fourth-order valence-electron chi connectivity index (χ4n) is 6.76. The molecule has 0 unspecified atom stereocenters. The molecule has 0 bridgehead atoms. The molecule has 3 saturated heterocycles. The topological polar surface area (TPSA) is 9.72 Å². The summed E-state index contributed by atoms with van der Waals surface area (Å²) in [6.45, 7) is 11.5. The highest BCUT2D eigenvalue weighted by Gasteiger charge is 2.66. The maximum atomic E-state index is 2.74. The second-order valence-electron chi connectivity index (χ2n) is 10.5. The monoisotopic (exact) mass is 423 g/mol. The van der Waals surface area contributed by atoms with Crippen LogP contribution in [-0.4, -0.2) is 49.1 Å². The molecule has 0 amide bonds. The van der Waals surface area contributed by atoms with E-state index in [2.05, 4.69) is 107 Å². The zero-order valence-electron chi connectivity index (χ0n) is 19.1. The predicted octanol–water partition coefficient (Wildman–Crippen LogP) is 4.82. The van der Waals surface area contributed by atoms with Gasteiger partial charge in [0.15, 0.2) is 0 Å². The Bertz CT molecular complexity index is 983. The maximum Gasteiger partial charge on any atom is 0.0366 e. The van der Waals surface area contributed by atoms with Crippen LogP contribution in [0.4, 0.5) is 5.69 Å². The van der Waals surface area contributed by atoms with Crippen molar-refractivity contribution in [2.24, 2.45) is 10.8 Å². The van der Waals surface area contributed by atoms with Gasteiger partial charge in [-0.15, -0.1) is 0 Å². The summed E-state index contributed by atoms with van der Waals surface area (Å²) in [5, 5.41) is 0. The van der Waals surface area contributed by atoms with Crippen LogP contribution in [0.1, 0.15) is 16.7 Å². The fourth-order valence-corrected chi connectivity index (χ4v) is 6.76. The number of hydrogen-bond donors (Lipinski definition) is 0. The molecule has 3 aromatic rings. The number of hydrogen-bond acceptors (Lipinski definition) is 3. The third-order valence-corrected chi connectivity index (χ3v) is 8.11. The van der Waals surface area contributed by atoms with Crippen molar-refractivity contribution in [1.82, 2.24) is 9.80 Å². The summed E-state index contributed by atoms with van der Waals surface area (Å²) in [4.78, 5) is 8.16. The van der Waals surface area contributed by atoms with Crippen LogP contribution in [0.5, 0.6) is 0 Å². The van der Waals surface area contributed by atoms with E-state index in [1.807, 2.05) is 0 Å². The molecule has 6 rings (SSSR count). The van der Waals surface area contributed by atoms with Gasteiger partial charge >= 0.3 is 0 Å². The van der Waals surface area contributed by atoms with Crippen LogP contribution in [0.2, 0.25) is 0 Å². The smallest absolute Gasteiger partial charge is 0.0366 e. The lowest BCUT2D eigenvalue weighted by molar-refractivity contribution is 0.205. The quantitative estimate of drug-likeness (QED) is 0.583. The Labute approximate surface area is 192 Å². The van der Waals surface area contributed by atoms with E-state index in [9.17, 15) is 0 Å². The molecule has 0 radical (unpaired) electrons. The van der Waals surface area contributed by atoms with Crippen molar-refractivity contribution < 1.29 is 0 Å². The van der Waals surface area contributed by atoms with Crippen molar-refractivity contribution in [3.8, 4) is 0 Å². The lowest BCUT2D eigenvalue weighted by atomic mass is 9.71. The molecule has 3 aliphatic rings. The Morgan fingerprint density at radius 2 is 1.00 bits per heavy atom. The number of aryl methyl sites for hydroxylation is 1. The van der Waals surface area contributed by atoms with E-state index in [4.69, 9.17) is 0 Å². The summed E-state index contributed by atoms with van der Waals surface area (Å²) in [6.07, 6.45) is 0. The van der Waals surface area contributed by atoms with E-state index in [1.165, 1.54) is 61.6 Å². The summed E-state index contributed by atoms with van der Waals surface area (Å²) >= 11 is 0. The third-order valence-electron chi connectivity index (χ3n) is 8.11. The van der Waals surface area contributed by atoms with Gasteiger partial charge in [0.25, 0.3) is 0 Å².